The second-order valence-corrected chi connectivity index (χ2v) is 4.40. The number of nitrogens with two attached hydrogens (primary N) is 1. The molecule has 3 nitrogen and oxygen atoms in total. The first-order valence-corrected chi connectivity index (χ1v) is 5.86. The van der Waals surface area contributed by atoms with Gasteiger partial charge in [0.25, 0.3) is 0 Å². The van der Waals surface area contributed by atoms with E-state index in [1.165, 1.54) is 5.56 Å². The number of nitrogens with zero attached hydrogens (tertiary/aromatic N) is 1. The number of terminal acetylenes is 1. The van der Waals surface area contributed by atoms with Gasteiger partial charge >= 0.3 is 0 Å². The summed E-state index contributed by atoms with van der Waals surface area (Å²) in [6.45, 7) is 2.99. The van der Waals surface area contributed by atoms with Gasteiger partial charge in [0.15, 0.2) is 0 Å². The average molecular weight is 230 g/mol. The highest BCUT2D eigenvalue weighted by molar-refractivity contribution is 5.14. The van der Waals surface area contributed by atoms with Crippen molar-refractivity contribution < 1.29 is 4.74 Å². The van der Waals surface area contributed by atoms with Gasteiger partial charge in [0, 0.05) is 25.7 Å². The van der Waals surface area contributed by atoms with Crippen LogP contribution >= 0.6 is 0 Å². The minimum atomic E-state index is 0.0621. The molecule has 0 radical (unpaired) electrons. The maximum Gasteiger partial charge on any atom is 0.107 e. The Labute approximate surface area is 103 Å². The molecule has 0 aromatic heterocycles. The Balaban J connectivity index is 1.87. The number of rotatable bonds is 4. The molecule has 0 aliphatic carbocycles. The SMILES string of the molecule is C#CCO[C@@H]1CN(Cc2ccccc2)C[C@H]1N. The molecule has 0 spiro atoms. The predicted molar refractivity (Wildman–Crippen MR) is 68.3 cm³/mol. The number of hydrogen-bond acceptors (Lipinski definition) is 3. The fraction of sp³-hybridized carbons (Fsp3) is 0.429. The molecule has 1 saturated heterocycles. The van der Waals surface area contributed by atoms with Gasteiger partial charge in [-0.3, -0.25) is 4.90 Å². The molecule has 0 bridgehead atoms. The molecule has 0 unspecified atom stereocenters. The van der Waals surface area contributed by atoms with Crippen LogP contribution in [-0.2, 0) is 11.3 Å². The highest BCUT2D eigenvalue weighted by atomic mass is 16.5. The van der Waals surface area contributed by atoms with Gasteiger partial charge in [-0.25, -0.2) is 0 Å². The largest absolute Gasteiger partial charge is 0.363 e. The van der Waals surface area contributed by atoms with E-state index in [2.05, 4.69) is 35.1 Å². The molecule has 1 heterocycles. The molecule has 17 heavy (non-hydrogen) atoms. The summed E-state index contributed by atoms with van der Waals surface area (Å²) in [6, 6.07) is 10.4. The van der Waals surface area contributed by atoms with Crippen molar-refractivity contribution in [1.82, 2.24) is 4.90 Å². The third-order valence-electron chi connectivity index (χ3n) is 3.01. The van der Waals surface area contributed by atoms with Gasteiger partial charge in [-0.1, -0.05) is 36.3 Å². The van der Waals surface area contributed by atoms with Crippen molar-refractivity contribution in [2.24, 2.45) is 5.73 Å². The summed E-state index contributed by atoms with van der Waals surface area (Å²) in [6.07, 6.45) is 5.25. The van der Waals surface area contributed by atoms with Gasteiger partial charge in [-0.2, -0.15) is 0 Å². The molecule has 1 aromatic rings. The van der Waals surface area contributed by atoms with E-state index in [0.29, 0.717) is 6.61 Å². The Morgan fingerprint density at radius 2 is 2.12 bits per heavy atom. The van der Waals surface area contributed by atoms with Crippen molar-refractivity contribution in [1.29, 1.82) is 0 Å². The van der Waals surface area contributed by atoms with Crippen molar-refractivity contribution >= 4 is 0 Å². The smallest absolute Gasteiger partial charge is 0.107 e. The molecule has 1 fully saturated rings. The van der Waals surface area contributed by atoms with E-state index in [0.717, 1.165) is 19.6 Å². The second-order valence-electron chi connectivity index (χ2n) is 4.40. The van der Waals surface area contributed by atoms with Crippen molar-refractivity contribution in [3.63, 3.8) is 0 Å². The molecular weight excluding hydrogens is 212 g/mol. The molecule has 3 heteroatoms. The van der Waals surface area contributed by atoms with Crippen LogP contribution in [-0.4, -0.2) is 36.7 Å². The number of likely N-dealkylation sites (tertiary alicyclic amines) is 1. The molecular formula is C14H18N2O. The zero-order chi connectivity index (χ0) is 12.1. The summed E-state index contributed by atoms with van der Waals surface area (Å²) in [5.41, 5.74) is 7.33. The van der Waals surface area contributed by atoms with E-state index < -0.39 is 0 Å². The van der Waals surface area contributed by atoms with Crippen LogP contribution in [0.15, 0.2) is 30.3 Å². The first kappa shape index (κ1) is 12.1. The second kappa shape index (κ2) is 5.83. The van der Waals surface area contributed by atoms with Crippen molar-refractivity contribution in [2.45, 2.75) is 18.7 Å². The lowest BCUT2D eigenvalue weighted by molar-refractivity contribution is 0.0742. The molecule has 1 aromatic carbocycles. The third kappa shape index (κ3) is 3.31. The van der Waals surface area contributed by atoms with E-state index in [-0.39, 0.29) is 12.1 Å². The zero-order valence-corrected chi connectivity index (χ0v) is 9.88. The number of benzene rings is 1. The maximum atomic E-state index is 6.03. The molecule has 2 N–H and O–H groups in total. The Hall–Kier alpha value is -1.34. The van der Waals surface area contributed by atoms with Crippen LogP contribution < -0.4 is 5.73 Å². The van der Waals surface area contributed by atoms with Gasteiger partial charge < -0.3 is 10.5 Å². The number of hydrogen-bond donors (Lipinski definition) is 1. The first-order chi connectivity index (χ1) is 8.29. The van der Waals surface area contributed by atoms with E-state index in [9.17, 15) is 0 Å². The first-order valence-electron chi connectivity index (χ1n) is 5.86. The zero-order valence-electron chi connectivity index (χ0n) is 9.88. The topological polar surface area (TPSA) is 38.5 Å². The van der Waals surface area contributed by atoms with Crippen molar-refractivity contribution in [3.05, 3.63) is 35.9 Å². The maximum absolute atomic E-state index is 6.03. The van der Waals surface area contributed by atoms with Crippen LogP contribution in [0.5, 0.6) is 0 Å². The Morgan fingerprint density at radius 3 is 2.82 bits per heavy atom. The molecule has 90 valence electrons. The summed E-state index contributed by atoms with van der Waals surface area (Å²) >= 11 is 0. The highest BCUT2D eigenvalue weighted by Gasteiger charge is 2.30. The third-order valence-corrected chi connectivity index (χ3v) is 3.01. The van der Waals surface area contributed by atoms with Gasteiger partial charge in [0.1, 0.15) is 6.61 Å². The van der Waals surface area contributed by atoms with Crippen LogP contribution in [0.4, 0.5) is 0 Å². The molecule has 0 amide bonds. The normalized spacial score (nSPS) is 24.7. The minimum Gasteiger partial charge on any atom is -0.363 e. The quantitative estimate of drug-likeness (QED) is 0.779. The molecule has 1 aliphatic heterocycles. The van der Waals surface area contributed by atoms with E-state index in [1.807, 2.05) is 6.07 Å². The fourth-order valence-electron chi connectivity index (χ4n) is 2.18. The molecule has 2 rings (SSSR count). The summed E-state index contributed by atoms with van der Waals surface area (Å²) in [4.78, 5) is 2.31. The van der Waals surface area contributed by atoms with E-state index >= 15 is 0 Å². The Kier molecular flexibility index (Phi) is 4.16. The average Bonchev–Trinajstić information content (AvgIpc) is 2.68. The van der Waals surface area contributed by atoms with Crippen molar-refractivity contribution in [2.75, 3.05) is 19.7 Å². The van der Waals surface area contributed by atoms with Crippen LogP contribution in [0.3, 0.4) is 0 Å². The van der Waals surface area contributed by atoms with E-state index in [1.54, 1.807) is 0 Å². The van der Waals surface area contributed by atoms with E-state index in [4.69, 9.17) is 16.9 Å². The Bertz CT molecular complexity index is 385. The molecule has 1 aliphatic rings. The van der Waals surface area contributed by atoms with Crippen LogP contribution in [0.1, 0.15) is 5.56 Å². The fourth-order valence-corrected chi connectivity index (χ4v) is 2.18. The monoisotopic (exact) mass is 230 g/mol. The van der Waals surface area contributed by atoms with Crippen LogP contribution in [0, 0.1) is 12.3 Å². The lowest BCUT2D eigenvalue weighted by Crippen LogP contribution is -2.35. The lowest BCUT2D eigenvalue weighted by atomic mass is 10.2. The van der Waals surface area contributed by atoms with Crippen molar-refractivity contribution in [3.8, 4) is 12.3 Å². The van der Waals surface area contributed by atoms with Crippen LogP contribution in [0.2, 0.25) is 0 Å². The van der Waals surface area contributed by atoms with Gasteiger partial charge in [-0.15, -0.1) is 6.42 Å². The molecule has 0 saturated carbocycles. The number of ether oxygens (including phenoxy) is 1. The Morgan fingerprint density at radius 1 is 1.35 bits per heavy atom. The predicted octanol–water partition coefficient (Wildman–Crippen LogP) is 0.848. The standard InChI is InChI=1S/C14H18N2O/c1-2-8-17-14-11-16(10-13(14)15)9-12-6-4-3-5-7-12/h1,3-7,13-14H,8-11,15H2/t13-,14-/m1/s1. The highest BCUT2D eigenvalue weighted by Crippen LogP contribution is 2.15. The minimum absolute atomic E-state index is 0.0621. The summed E-state index contributed by atoms with van der Waals surface area (Å²) in [7, 11) is 0. The summed E-state index contributed by atoms with van der Waals surface area (Å²) < 4.78 is 5.53. The lowest BCUT2D eigenvalue weighted by Gasteiger charge is -2.15. The van der Waals surface area contributed by atoms with Gasteiger partial charge in [-0.05, 0) is 5.56 Å². The summed E-state index contributed by atoms with van der Waals surface area (Å²) in [5, 5.41) is 0. The summed E-state index contributed by atoms with van der Waals surface area (Å²) in [5.74, 6) is 2.48. The van der Waals surface area contributed by atoms with Gasteiger partial charge in [0.2, 0.25) is 0 Å². The van der Waals surface area contributed by atoms with Crippen LogP contribution in [0.25, 0.3) is 0 Å². The molecule has 2 atom stereocenters. The van der Waals surface area contributed by atoms with Gasteiger partial charge in [0.05, 0.1) is 6.10 Å².